The lowest BCUT2D eigenvalue weighted by Crippen LogP contribution is -2.55. The van der Waals surface area contributed by atoms with Crippen LogP contribution in [0.2, 0.25) is 0 Å². The Balaban J connectivity index is 1.85. The Morgan fingerprint density at radius 1 is 1.12 bits per heavy atom. The number of sulfonamides is 1. The molecule has 1 unspecified atom stereocenters. The number of alkyl halides is 8. The molecule has 1 aliphatic carbocycles. The molecular formula is C19H18F8N4O2S. The van der Waals surface area contributed by atoms with E-state index in [1.807, 2.05) is 0 Å². The molecule has 6 nitrogen and oxygen atoms in total. The first-order valence-electron chi connectivity index (χ1n) is 9.97. The van der Waals surface area contributed by atoms with Crippen molar-refractivity contribution >= 4 is 15.7 Å². The first-order valence-corrected chi connectivity index (χ1v) is 11.4. The summed E-state index contributed by atoms with van der Waals surface area (Å²) in [6.07, 6.45) is -3.54. The number of aromatic nitrogens is 2. The van der Waals surface area contributed by atoms with Crippen molar-refractivity contribution in [2.75, 3.05) is 11.4 Å². The molecule has 0 amide bonds. The van der Waals surface area contributed by atoms with Crippen LogP contribution in [-0.4, -0.2) is 46.7 Å². The summed E-state index contributed by atoms with van der Waals surface area (Å²) >= 11 is 0. The maximum Gasteiger partial charge on any atom is 0.511 e. The van der Waals surface area contributed by atoms with Crippen molar-refractivity contribution in [3.05, 3.63) is 47.5 Å². The smallest absolute Gasteiger partial charge is 0.361 e. The van der Waals surface area contributed by atoms with Gasteiger partial charge < -0.3 is 9.88 Å². The molecule has 1 saturated carbocycles. The van der Waals surface area contributed by atoms with E-state index in [-0.39, 0.29) is 22.1 Å². The van der Waals surface area contributed by atoms with E-state index in [9.17, 15) is 43.5 Å². The molecule has 15 heteroatoms. The highest BCUT2D eigenvalue weighted by molar-refractivity contribution is 7.89. The van der Waals surface area contributed by atoms with E-state index in [0.29, 0.717) is 11.8 Å². The maximum absolute atomic E-state index is 13.7. The first kappa shape index (κ1) is 24.7. The molecule has 1 aliphatic heterocycles. The summed E-state index contributed by atoms with van der Waals surface area (Å²) in [7, 11) is -5.96. The third-order valence-electron chi connectivity index (χ3n) is 6.05. The van der Waals surface area contributed by atoms with Crippen LogP contribution in [0.1, 0.15) is 29.7 Å². The predicted molar refractivity (Wildman–Crippen MR) is 103 cm³/mol. The van der Waals surface area contributed by atoms with Crippen molar-refractivity contribution in [2.45, 2.75) is 49.6 Å². The molecule has 2 aromatic rings. The quantitative estimate of drug-likeness (QED) is 0.605. The van der Waals surface area contributed by atoms with Gasteiger partial charge in [-0.2, -0.15) is 30.6 Å². The average molecular weight is 518 g/mol. The van der Waals surface area contributed by atoms with E-state index in [1.165, 1.54) is 17.4 Å². The Morgan fingerprint density at radius 2 is 1.79 bits per heavy atom. The van der Waals surface area contributed by atoms with Gasteiger partial charge in [-0.3, -0.25) is 0 Å². The summed E-state index contributed by atoms with van der Waals surface area (Å²) in [6.45, 7) is -1.95. The third kappa shape index (κ3) is 4.59. The van der Waals surface area contributed by atoms with Crippen LogP contribution in [-0.2, 0) is 29.3 Å². The van der Waals surface area contributed by atoms with Crippen LogP contribution in [0.15, 0.2) is 30.7 Å². The number of fused-ring (bicyclic) bond motifs is 1. The van der Waals surface area contributed by atoms with Crippen LogP contribution >= 0.6 is 0 Å². The van der Waals surface area contributed by atoms with Gasteiger partial charge in [0.15, 0.2) is 0 Å². The molecule has 1 aromatic carbocycles. The van der Waals surface area contributed by atoms with Gasteiger partial charge in [-0.1, -0.05) is 0 Å². The molecule has 0 bridgehead atoms. The number of imidazole rings is 1. The van der Waals surface area contributed by atoms with Crippen molar-refractivity contribution in [3.8, 4) is 0 Å². The molecule has 2 aliphatic rings. The van der Waals surface area contributed by atoms with E-state index in [1.54, 1.807) is 0 Å². The second kappa shape index (κ2) is 8.07. The molecule has 1 N–H and O–H groups in total. The summed E-state index contributed by atoms with van der Waals surface area (Å²) in [5.41, 5.74) is -6.78. The summed E-state index contributed by atoms with van der Waals surface area (Å²) in [4.78, 5) is 7.96. The number of H-pyrrole nitrogens is 1. The lowest BCUT2D eigenvalue weighted by molar-refractivity contribution is -0.137. The molecule has 1 aromatic heterocycles. The first-order chi connectivity index (χ1) is 15.6. The summed E-state index contributed by atoms with van der Waals surface area (Å²) in [5.74, 6) is -3.95. The van der Waals surface area contributed by atoms with Crippen molar-refractivity contribution in [3.63, 3.8) is 0 Å². The Bertz CT molecular complexity index is 1140. The van der Waals surface area contributed by atoms with Gasteiger partial charge in [-0.05, 0) is 29.7 Å². The fourth-order valence-corrected chi connectivity index (χ4v) is 5.33. The van der Waals surface area contributed by atoms with Gasteiger partial charge in [-0.15, -0.1) is 0 Å². The Labute approximate surface area is 188 Å². The number of benzene rings is 1. The predicted octanol–water partition coefficient (Wildman–Crippen LogP) is 4.51. The Kier molecular flexibility index (Phi) is 5.86. The van der Waals surface area contributed by atoms with Crippen LogP contribution in [0, 0.1) is 5.92 Å². The number of hydrogen-bond acceptors (Lipinski definition) is 4. The van der Waals surface area contributed by atoms with E-state index in [0.717, 1.165) is 12.1 Å². The van der Waals surface area contributed by atoms with E-state index in [4.69, 9.17) is 0 Å². The third-order valence-corrected chi connectivity index (χ3v) is 7.59. The van der Waals surface area contributed by atoms with E-state index >= 15 is 0 Å². The summed E-state index contributed by atoms with van der Waals surface area (Å²) in [6, 6.07) is 1.19. The fourth-order valence-electron chi connectivity index (χ4n) is 4.38. The van der Waals surface area contributed by atoms with Crippen molar-refractivity contribution in [1.82, 2.24) is 14.3 Å². The zero-order chi connectivity index (χ0) is 25.1. The highest BCUT2D eigenvalue weighted by atomic mass is 32.2. The van der Waals surface area contributed by atoms with Crippen molar-refractivity contribution in [2.24, 2.45) is 5.92 Å². The number of nitrogens with one attached hydrogen (secondary N) is 1. The molecule has 4 rings (SSSR count). The minimum Gasteiger partial charge on any atom is -0.361 e. The van der Waals surface area contributed by atoms with Crippen molar-refractivity contribution < 1.29 is 43.5 Å². The number of halogens is 8. The number of aromatic amines is 1. The average Bonchev–Trinajstić information content (AvgIpc) is 3.13. The number of rotatable bonds is 4. The zero-order valence-corrected chi connectivity index (χ0v) is 18.0. The number of nitrogens with zero attached hydrogens (tertiary/aromatic N) is 3. The van der Waals surface area contributed by atoms with Gasteiger partial charge in [0, 0.05) is 43.9 Å². The molecule has 0 saturated heterocycles. The lowest BCUT2D eigenvalue weighted by Gasteiger charge is -2.45. The minimum absolute atomic E-state index is 0.0279. The molecule has 1 atom stereocenters. The van der Waals surface area contributed by atoms with Crippen LogP contribution in [0.5, 0.6) is 0 Å². The normalized spacial score (nSPS) is 22.2. The standard InChI is InChI=1S/C19H18F8N4O2S/c20-17(21)4-12(5-17)16-9-30(34(32,33)19(25,26)27)7-11-3-13(18(22,23)24)1-2-15(11)31(16)8-14-6-28-10-29-14/h1-3,6,10,12,16H,4-5,7-9H2,(H,28,29). The van der Waals surface area contributed by atoms with Gasteiger partial charge in [-0.25, -0.2) is 22.2 Å². The molecule has 0 radical (unpaired) electrons. The largest absolute Gasteiger partial charge is 0.511 e. The molecule has 0 spiro atoms. The molecule has 2 heterocycles. The topological polar surface area (TPSA) is 69.3 Å². The van der Waals surface area contributed by atoms with Gasteiger partial charge in [0.2, 0.25) is 5.92 Å². The van der Waals surface area contributed by atoms with Gasteiger partial charge in [0.1, 0.15) is 0 Å². The maximum atomic E-state index is 13.7. The highest BCUT2D eigenvalue weighted by Crippen LogP contribution is 2.48. The van der Waals surface area contributed by atoms with Gasteiger partial charge in [0.05, 0.1) is 24.1 Å². The van der Waals surface area contributed by atoms with E-state index < -0.39 is 71.1 Å². The van der Waals surface area contributed by atoms with Crippen LogP contribution < -0.4 is 4.90 Å². The molecular weight excluding hydrogens is 500 g/mol. The van der Waals surface area contributed by atoms with Crippen LogP contribution in [0.3, 0.4) is 0 Å². The second-order valence-electron chi connectivity index (χ2n) is 8.38. The Hall–Kier alpha value is -2.42. The Morgan fingerprint density at radius 3 is 2.32 bits per heavy atom. The molecule has 34 heavy (non-hydrogen) atoms. The monoisotopic (exact) mass is 518 g/mol. The van der Waals surface area contributed by atoms with Gasteiger partial charge in [0.25, 0.3) is 0 Å². The second-order valence-corrected chi connectivity index (χ2v) is 10.3. The highest BCUT2D eigenvalue weighted by Gasteiger charge is 2.55. The lowest BCUT2D eigenvalue weighted by atomic mass is 9.75. The molecule has 188 valence electrons. The van der Waals surface area contributed by atoms with Crippen LogP contribution in [0.25, 0.3) is 0 Å². The van der Waals surface area contributed by atoms with E-state index in [2.05, 4.69) is 9.97 Å². The fraction of sp³-hybridized carbons (Fsp3) is 0.526. The van der Waals surface area contributed by atoms with Crippen molar-refractivity contribution in [1.29, 1.82) is 0 Å². The molecule has 1 fully saturated rings. The SMILES string of the molecule is O=S(=O)(N1Cc2cc(C(F)(F)F)ccc2N(Cc2cnc[nH]2)C(C2CC(F)(F)C2)C1)C(F)(F)F. The minimum atomic E-state index is -5.96. The zero-order valence-electron chi connectivity index (χ0n) is 17.2. The number of anilines is 1. The van der Waals surface area contributed by atoms with Gasteiger partial charge >= 0.3 is 21.7 Å². The summed E-state index contributed by atoms with van der Waals surface area (Å²) in [5, 5.41) is 0. The number of hydrogen-bond donors (Lipinski definition) is 1. The van der Waals surface area contributed by atoms with Crippen LogP contribution in [0.4, 0.5) is 40.8 Å². The summed E-state index contributed by atoms with van der Waals surface area (Å²) < 4.78 is 132.